The van der Waals surface area contributed by atoms with Crippen LogP contribution in [0.5, 0.6) is 0 Å². The molecule has 0 N–H and O–H groups in total. The highest BCUT2D eigenvalue weighted by Crippen LogP contribution is 2.02. The molecule has 0 aromatic carbocycles. The SMILES string of the molecule is CCc1nc(Cn2cc(CCl)nn2)no1. The first kappa shape index (κ1) is 10.1. The monoisotopic (exact) mass is 227 g/mol. The largest absolute Gasteiger partial charge is 0.339 e. The standard InChI is InChI=1S/C8H10ClN5O/c1-2-8-10-7(12-15-8)5-14-4-6(3-9)11-13-14/h4H,2-3,5H2,1H3. The molecule has 0 aliphatic carbocycles. The Labute approximate surface area is 91.2 Å². The lowest BCUT2D eigenvalue weighted by atomic mass is 10.5. The number of hydrogen-bond donors (Lipinski definition) is 0. The number of nitrogens with zero attached hydrogens (tertiary/aromatic N) is 5. The maximum Gasteiger partial charge on any atom is 0.226 e. The summed E-state index contributed by atoms with van der Waals surface area (Å²) in [4.78, 5) is 4.16. The van der Waals surface area contributed by atoms with Gasteiger partial charge in [0, 0.05) is 6.42 Å². The smallest absolute Gasteiger partial charge is 0.226 e. The van der Waals surface area contributed by atoms with E-state index in [1.165, 1.54) is 0 Å². The Balaban J connectivity index is 2.07. The molecule has 0 atom stereocenters. The molecule has 2 heterocycles. The highest BCUT2D eigenvalue weighted by molar-refractivity contribution is 6.16. The van der Waals surface area contributed by atoms with Crippen molar-refractivity contribution >= 4 is 11.6 Å². The van der Waals surface area contributed by atoms with Crippen molar-refractivity contribution in [2.45, 2.75) is 25.8 Å². The van der Waals surface area contributed by atoms with Crippen LogP contribution in [0.15, 0.2) is 10.7 Å². The maximum absolute atomic E-state index is 5.60. The van der Waals surface area contributed by atoms with Gasteiger partial charge in [-0.1, -0.05) is 17.3 Å². The first-order valence-electron chi connectivity index (χ1n) is 4.58. The minimum Gasteiger partial charge on any atom is -0.339 e. The van der Waals surface area contributed by atoms with E-state index in [1.54, 1.807) is 10.9 Å². The van der Waals surface area contributed by atoms with Crippen LogP contribution < -0.4 is 0 Å². The summed E-state index contributed by atoms with van der Waals surface area (Å²) in [5, 5.41) is 11.5. The molecule has 0 saturated heterocycles. The zero-order valence-electron chi connectivity index (χ0n) is 8.22. The van der Waals surface area contributed by atoms with Crippen LogP contribution in [0.4, 0.5) is 0 Å². The Bertz CT molecular complexity index is 397. The Morgan fingerprint density at radius 1 is 1.53 bits per heavy atom. The maximum atomic E-state index is 5.60. The molecule has 15 heavy (non-hydrogen) atoms. The molecule has 0 unspecified atom stereocenters. The number of hydrogen-bond acceptors (Lipinski definition) is 5. The Hall–Kier alpha value is -1.43. The molecule has 2 aromatic rings. The van der Waals surface area contributed by atoms with E-state index in [0.717, 1.165) is 12.1 Å². The van der Waals surface area contributed by atoms with E-state index in [9.17, 15) is 0 Å². The van der Waals surface area contributed by atoms with Crippen molar-refractivity contribution in [2.24, 2.45) is 0 Å². The van der Waals surface area contributed by atoms with Crippen LogP contribution >= 0.6 is 11.6 Å². The molecule has 0 saturated carbocycles. The van der Waals surface area contributed by atoms with Crippen molar-refractivity contribution < 1.29 is 4.52 Å². The fourth-order valence-corrected chi connectivity index (χ4v) is 1.24. The van der Waals surface area contributed by atoms with Crippen LogP contribution in [0.3, 0.4) is 0 Å². The quantitative estimate of drug-likeness (QED) is 0.729. The van der Waals surface area contributed by atoms with Gasteiger partial charge in [0.1, 0.15) is 6.54 Å². The van der Waals surface area contributed by atoms with Gasteiger partial charge in [-0.3, -0.25) is 0 Å². The van der Waals surface area contributed by atoms with E-state index in [1.807, 2.05) is 6.92 Å². The van der Waals surface area contributed by atoms with Crippen LogP contribution in [-0.4, -0.2) is 25.1 Å². The van der Waals surface area contributed by atoms with E-state index in [2.05, 4.69) is 20.5 Å². The highest BCUT2D eigenvalue weighted by atomic mass is 35.5. The van der Waals surface area contributed by atoms with E-state index in [4.69, 9.17) is 16.1 Å². The lowest BCUT2D eigenvalue weighted by molar-refractivity contribution is 0.374. The van der Waals surface area contributed by atoms with Gasteiger partial charge in [0.25, 0.3) is 0 Å². The number of aryl methyl sites for hydroxylation is 1. The van der Waals surface area contributed by atoms with Gasteiger partial charge < -0.3 is 4.52 Å². The fraction of sp³-hybridized carbons (Fsp3) is 0.500. The average Bonchev–Trinajstić information content (AvgIpc) is 2.87. The molecule has 7 heteroatoms. The van der Waals surface area contributed by atoms with Crippen molar-refractivity contribution in [3.05, 3.63) is 23.6 Å². The zero-order valence-corrected chi connectivity index (χ0v) is 8.98. The lowest BCUT2D eigenvalue weighted by Crippen LogP contribution is -2.02. The molecule has 2 aromatic heterocycles. The summed E-state index contributed by atoms with van der Waals surface area (Å²) >= 11 is 5.60. The molecule has 2 rings (SSSR count). The third kappa shape index (κ3) is 2.33. The van der Waals surface area contributed by atoms with Gasteiger partial charge in [0.15, 0.2) is 5.82 Å². The predicted octanol–water partition coefficient (Wildman–Crippen LogP) is 1.01. The number of aromatic nitrogens is 5. The summed E-state index contributed by atoms with van der Waals surface area (Å²) in [6, 6.07) is 0. The van der Waals surface area contributed by atoms with Gasteiger partial charge in [0.05, 0.1) is 17.8 Å². The zero-order chi connectivity index (χ0) is 10.7. The van der Waals surface area contributed by atoms with Crippen LogP contribution in [0.25, 0.3) is 0 Å². The second kappa shape index (κ2) is 4.39. The fourth-order valence-electron chi connectivity index (χ4n) is 1.12. The second-order valence-electron chi connectivity index (χ2n) is 3.00. The number of rotatable bonds is 4. The summed E-state index contributed by atoms with van der Waals surface area (Å²) < 4.78 is 6.60. The first-order chi connectivity index (χ1) is 7.31. The summed E-state index contributed by atoms with van der Waals surface area (Å²) in [5.41, 5.74) is 0.732. The molecule has 6 nitrogen and oxygen atoms in total. The van der Waals surface area contributed by atoms with Crippen molar-refractivity contribution in [3.8, 4) is 0 Å². The Morgan fingerprint density at radius 2 is 2.40 bits per heavy atom. The van der Waals surface area contributed by atoms with Crippen molar-refractivity contribution in [2.75, 3.05) is 0 Å². The normalized spacial score (nSPS) is 10.8. The summed E-state index contributed by atoms with van der Waals surface area (Å²) in [7, 11) is 0. The highest BCUT2D eigenvalue weighted by Gasteiger charge is 2.06. The summed E-state index contributed by atoms with van der Waals surface area (Å²) in [6.45, 7) is 2.41. The minimum atomic E-state index is 0.354. The molecule has 0 bridgehead atoms. The first-order valence-corrected chi connectivity index (χ1v) is 5.11. The molecule has 0 spiro atoms. The van der Waals surface area contributed by atoms with Gasteiger partial charge in [-0.25, -0.2) is 4.68 Å². The summed E-state index contributed by atoms with van der Waals surface area (Å²) in [5.74, 6) is 1.58. The van der Waals surface area contributed by atoms with E-state index >= 15 is 0 Å². The Kier molecular flexibility index (Phi) is 2.96. The van der Waals surface area contributed by atoms with Gasteiger partial charge in [-0.05, 0) is 0 Å². The van der Waals surface area contributed by atoms with E-state index in [-0.39, 0.29) is 0 Å². The molecule has 0 fully saturated rings. The molecule has 0 amide bonds. The number of alkyl halides is 1. The summed E-state index contributed by atoms with van der Waals surface area (Å²) in [6.07, 6.45) is 2.49. The van der Waals surface area contributed by atoms with Crippen molar-refractivity contribution in [1.29, 1.82) is 0 Å². The van der Waals surface area contributed by atoms with Crippen LogP contribution in [0.2, 0.25) is 0 Å². The lowest BCUT2D eigenvalue weighted by Gasteiger charge is -1.91. The van der Waals surface area contributed by atoms with Crippen LogP contribution in [0.1, 0.15) is 24.3 Å². The number of halogens is 1. The molecule has 0 radical (unpaired) electrons. The van der Waals surface area contributed by atoms with Gasteiger partial charge >= 0.3 is 0 Å². The molecular weight excluding hydrogens is 218 g/mol. The molecule has 0 aliphatic heterocycles. The van der Waals surface area contributed by atoms with Gasteiger partial charge in [0.2, 0.25) is 5.89 Å². The Morgan fingerprint density at radius 3 is 3.00 bits per heavy atom. The van der Waals surface area contributed by atoms with Crippen molar-refractivity contribution in [1.82, 2.24) is 25.1 Å². The minimum absolute atomic E-state index is 0.354. The third-order valence-corrected chi connectivity index (χ3v) is 2.11. The van der Waals surface area contributed by atoms with Crippen LogP contribution in [-0.2, 0) is 18.8 Å². The third-order valence-electron chi connectivity index (χ3n) is 1.84. The predicted molar refractivity (Wildman–Crippen MR) is 52.4 cm³/mol. The molecular formula is C8H10ClN5O. The van der Waals surface area contributed by atoms with Crippen molar-refractivity contribution in [3.63, 3.8) is 0 Å². The molecule has 0 aliphatic rings. The average molecular weight is 228 g/mol. The second-order valence-corrected chi connectivity index (χ2v) is 3.27. The van der Waals surface area contributed by atoms with E-state index < -0.39 is 0 Å². The topological polar surface area (TPSA) is 69.6 Å². The van der Waals surface area contributed by atoms with Crippen LogP contribution in [0, 0.1) is 0 Å². The van der Waals surface area contributed by atoms with E-state index in [0.29, 0.717) is 24.1 Å². The molecule has 80 valence electrons. The van der Waals surface area contributed by atoms with Gasteiger partial charge in [-0.15, -0.1) is 16.7 Å². The van der Waals surface area contributed by atoms with Gasteiger partial charge in [-0.2, -0.15) is 4.98 Å².